The maximum atomic E-state index is 14.8. The van der Waals surface area contributed by atoms with Crippen LogP contribution in [0.25, 0.3) is 0 Å². The van der Waals surface area contributed by atoms with Crippen LogP contribution in [0, 0.1) is 5.82 Å². The molecule has 2 aliphatic rings. The molecule has 0 unspecified atom stereocenters. The zero-order valence-electron chi connectivity index (χ0n) is 24.8. The normalized spacial score (nSPS) is 15.8. The van der Waals surface area contributed by atoms with Crippen molar-refractivity contribution in [3.05, 3.63) is 48.4 Å². The van der Waals surface area contributed by atoms with E-state index in [9.17, 15) is 14.3 Å². The molecule has 2 aromatic carbocycles. The quantitative estimate of drug-likeness (QED) is 0.322. The van der Waals surface area contributed by atoms with Crippen LogP contribution in [0.5, 0.6) is 11.5 Å². The molecule has 5 rings (SSSR count). The van der Waals surface area contributed by atoms with E-state index < -0.39 is 5.82 Å². The summed E-state index contributed by atoms with van der Waals surface area (Å²) < 4.78 is 26.1. The van der Waals surface area contributed by atoms with Crippen LogP contribution in [0.15, 0.2) is 42.6 Å². The fourth-order valence-electron chi connectivity index (χ4n) is 5.37. The number of ether oxygens (including phenoxy) is 2. The smallest absolute Gasteiger partial charge is 0.229 e. The van der Waals surface area contributed by atoms with E-state index in [-0.39, 0.29) is 24.3 Å². The summed E-state index contributed by atoms with van der Waals surface area (Å²) >= 11 is 0. The Balaban J connectivity index is 1.28. The number of aromatic nitrogens is 2. The highest BCUT2D eigenvalue weighted by Gasteiger charge is 2.21. The van der Waals surface area contributed by atoms with Crippen molar-refractivity contribution in [3.8, 4) is 11.5 Å². The Bertz CT molecular complexity index is 1410. The number of hydrogen-bond acceptors (Lipinski definition) is 11. The molecule has 3 aromatic rings. The number of amides is 1. The van der Waals surface area contributed by atoms with E-state index in [1.165, 1.54) is 0 Å². The zero-order chi connectivity index (χ0) is 30.3. The van der Waals surface area contributed by atoms with Crippen LogP contribution < -0.4 is 29.9 Å². The molecule has 12 nitrogen and oxygen atoms in total. The number of rotatable bonds is 10. The van der Waals surface area contributed by atoms with E-state index in [1.807, 2.05) is 41.3 Å². The third-order valence-electron chi connectivity index (χ3n) is 7.86. The summed E-state index contributed by atoms with van der Waals surface area (Å²) in [7, 11) is 3.16. The van der Waals surface area contributed by atoms with Gasteiger partial charge < -0.3 is 39.9 Å². The highest BCUT2D eigenvalue weighted by atomic mass is 19.1. The van der Waals surface area contributed by atoms with Gasteiger partial charge in [-0.3, -0.25) is 9.69 Å². The molecule has 0 radical (unpaired) electrons. The second-order valence-electron chi connectivity index (χ2n) is 10.5. The van der Waals surface area contributed by atoms with Gasteiger partial charge in [0.05, 0.1) is 38.4 Å². The number of methoxy groups -OCH3 is 2. The molecule has 0 bridgehead atoms. The van der Waals surface area contributed by atoms with Crippen molar-refractivity contribution in [2.24, 2.45) is 0 Å². The summed E-state index contributed by atoms with van der Waals surface area (Å²) in [5.41, 5.74) is 3.19. The summed E-state index contributed by atoms with van der Waals surface area (Å²) in [5.74, 6) is 0.822. The Labute approximate surface area is 251 Å². The molecule has 2 aliphatic heterocycles. The van der Waals surface area contributed by atoms with Crippen LogP contribution >= 0.6 is 0 Å². The topological polar surface area (TPSA) is 119 Å². The fourth-order valence-corrected chi connectivity index (χ4v) is 5.37. The number of anilines is 6. The van der Waals surface area contributed by atoms with Crippen molar-refractivity contribution in [2.75, 3.05) is 100 Å². The van der Waals surface area contributed by atoms with Gasteiger partial charge in [-0.1, -0.05) is 0 Å². The van der Waals surface area contributed by atoms with Crippen LogP contribution in [0.4, 0.5) is 38.9 Å². The second kappa shape index (κ2) is 13.7. The molecular formula is C30H39FN8O4. The predicted octanol–water partition coefficient (Wildman–Crippen LogP) is 2.90. The SMILES string of the molecule is COc1cc(N2CCN(C(C)=O)CC2)ccc1Nc1ncc(F)c(Nc2ccc(N3CCN(CCO)CC3)cc2OC)n1. The van der Waals surface area contributed by atoms with Gasteiger partial charge in [0.2, 0.25) is 11.9 Å². The van der Waals surface area contributed by atoms with Crippen molar-refractivity contribution in [3.63, 3.8) is 0 Å². The van der Waals surface area contributed by atoms with Crippen molar-refractivity contribution in [2.45, 2.75) is 6.92 Å². The molecule has 13 heteroatoms. The molecule has 3 heterocycles. The molecule has 1 aromatic heterocycles. The molecule has 0 aliphatic carbocycles. The molecule has 0 atom stereocenters. The molecule has 0 saturated carbocycles. The van der Waals surface area contributed by atoms with E-state index in [0.29, 0.717) is 42.5 Å². The lowest BCUT2D eigenvalue weighted by atomic mass is 10.2. The average molecular weight is 595 g/mol. The standard InChI is InChI=1S/C30H39FN8O4/c1-21(41)37-12-14-39(15-13-37)23-5-7-26(28(19-23)43-3)34-30-32-20-24(31)29(35-30)33-25-6-4-22(18-27(25)42-2)38-10-8-36(9-11-38)16-17-40/h4-7,18-20,40H,8-17H2,1-3H3,(H2,32,33,34,35). The van der Waals surface area contributed by atoms with Gasteiger partial charge in [0.15, 0.2) is 11.6 Å². The van der Waals surface area contributed by atoms with Crippen molar-refractivity contribution in [1.82, 2.24) is 19.8 Å². The third kappa shape index (κ3) is 7.17. The monoisotopic (exact) mass is 594 g/mol. The number of nitrogens with zero attached hydrogens (tertiary/aromatic N) is 6. The second-order valence-corrected chi connectivity index (χ2v) is 10.5. The van der Waals surface area contributed by atoms with Crippen LogP contribution in [0.1, 0.15) is 6.92 Å². The first-order chi connectivity index (χ1) is 20.9. The molecule has 2 saturated heterocycles. The molecule has 43 heavy (non-hydrogen) atoms. The number of piperazine rings is 2. The summed E-state index contributed by atoms with van der Waals surface area (Å²) in [6.07, 6.45) is 1.11. The van der Waals surface area contributed by atoms with E-state index >= 15 is 0 Å². The maximum Gasteiger partial charge on any atom is 0.229 e. The molecular weight excluding hydrogens is 555 g/mol. The van der Waals surface area contributed by atoms with Gasteiger partial charge in [-0.15, -0.1) is 0 Å². The van der Waals surface area contributed by atoms with Gasteiger partial charge in [-0.2, -0.15) is 4.98 Å². The number of aliphatic hydroxyl groups is 1. The average Bonchev–Trinajstić information content (AvgIpc) is 3.03. The number of nitrogens with one attached hydrogen (secondary N) is 2. The molecule has 2 fully saturated rings. The number of β-amino-alcohol motifs (C(OH)–C–C–N with tert-alkyl or cyclic N) is 1. The van der Waals surface area contributed by atoms with E-state index in [0.717, 1.165) is 56.8 Å². The predicted molar refractivity (Wildman–Crippen MR) is 165 cm³/mol. The maximum absolute atomic E-state index is 14.8. The summed E-state index contributed by atoms with van der Waals surface area (Å²) in [6, 6.07) is 11.5. The Kier molecular flexibility index (Phi) is 9.62. The van der Waals surface area contributed by atoms with Gasteiger partial charge in [-0.25, -0.2) is 9.37 Å². The Morgan fingerprint density at radius 2 is 1.44 bits per heavy atom. The van der Waals surface area contributed by atoms with Gasteiger partial charge in [0.1, 0.15) is 11.5 Å². The zero-order valence-corrected chi connectivity index (χ0v) is 24.8. The largest absolute Gasteiger partial charge is 0.494 e. The van der Waals surface area contributed by atoms with Crippen LogP contribution in [0.2, 0.25) is 0 Å². The number of aliphatic hydroxyl groups excluding tert-OH is 1. The lowest BCUT2D eigenvalue weighted by Gasteiger charge is -2.36. The van der Waals surface area contributed by atoms with Gasteiger partial charge >= 0.3 is 0 Å². The number of halogens is 1. The first kappa shape index (κ1) is 30.1. The van der Waals surface area contributed by atoms with Crippen molar-refractivity contribution in [1.29, 1.82) is 0 Å². The van der Waals surface area contributed by atoms with E-state index in [1.54, 1.807) is 21.1 Å². The Hall–Kier alpha value is -4.36. The van der Waals surface area contributed by atoms with Crippen LogP contribution in [-0.4, -0.2) is 111 Å². The minimum Gasteiger partial charge on any atom is -0.494 e. The van der Waals surface area contributed by atoms with Gasteiger partial charge in [0.25, 0.3) is 0 Å². The number of benzene rings is 2. The van der Waals surface area contributed by atoms with Gasteiger partial charge in [0, 0.05) is 89.3 Å². The number of carbonyl (C=O) groups excluding carboxylic acids is 1. The summed E-state index contributed by atoms with van der Waals surface area (Å²) in [5, 5.41) is 15.4. The molecule has 3 N–H and O–H groups in total. The van der Waals surface area contributed by atoms with Gasteiger partial charge in [-0.05, 0) is 24.3 Å². The lowest BCUT2D eigenvalue weighted by molar-refractivity contribution is -0.129. The highest BCUT2D eigenvalue weighted by Crippen LogP contribution is 2.34. The Morgan fingerprint density at radius 1 is 0.884 bits per heavy atom. The van der Waals surface area contributed by atoms with Crippen LogP contribution in [0.3, 0.4) is 0 Å². The van der Waals surface area contributed by atoms with Crippen molar-refractivity contribution >= 4 is 40.4 Å². The number of hydrogen-bond donors (Lipinski definition) is 3. The van der Waals surface area contributed by atoms with Crippen molar-refractivity contribution < 1.29 is 23.8 Å². The van der Waals surface area contributed by atoms with Crippen LogP contribution in [-0.2, 0) is 4.79 Å². The van der Waals surface area contributed by atoms with E-state index in [4.69, 9.17) is 9.47 Å². The third-order valence-corrected chi connectivity index (χ3v) is 7.86. The fraction of sp³-hybridized carbons (Fsp3) is 0.433. The highest BCUT2D eigenvalue weighted by molar-refractivity contribution is 5.74. The van der Waals surface area contributed by atoms with E-state index in [2.05, 4.69) is 35.3 Å². The Morgan fingerprint density at radius 3 is 1.98 bits per heavy atom. The minimum absolute atomic E-state index is 0.0000898. The summed E-state index contributed by atoms with van der Waals surface area (Å²) in [6.45, 7) is 8.67. The minimum atomic E-state index is -0.608. The molecule has 1 amide bonds. The molecule has 230 valence electrons. The first-order valence-electron chi connectivity index (χ1n) is 14.4. The first-order valence-corrected chi connectivity index (χ1v) is 14.4. The molecule has 0 spiro atoms. The lowest BCUT2D eigenvalue weighted by Crippen LogP contribution is -2.48. The summed E-state index contributed by atoms with van der Waals surface area (Å²) in [4.78, 5) is 28.7. The number of carbonyl (C=O) groups is 1.